The molecule has 0 unspecified atom stereocenters. The van der Waals surface area contributed by atoms with Gasteiger partial charge >= 0.3 is 0 Å². The molecule has 134 valence electrons. The highest BCUT2D eigenvalue weighted by molar-refractivity contribution is 4.91. The Labute approximate surface area is 145 Å². The summed E-state index contributed by atoms with van der Waals surface area (Å²) in [5.41, 5.74) is -0.625. The van der Waals surface area contributed by atoms with E-state index in [4.69, 9.17) is 30.0 Å². The number of hydrogen-bond acceptors (Lipinski definition) is 6. The van der Waals surface area contributed by atoms with Crippen LogP contribution in [0.1, 0.15) is 47.0 Å². The topological polar surface area (TPSA) is 99.1 Å². The van der Waals surface area contributed by atoms with E-state index >= 15 is 0 Å². The van der Waals surface area contributed by atoms with Crippen molar-refractivity contribution in [3.63, 3.8) is 0 Å². The first-order valence-corrected chi connectivity index (χ1v) is 8.20. The molecular formula is C18H29N3O3. The third kappa shape index (κ3) is 8.85. The van der Waals surface area contributed by atoms with E-state index in [-0.39, 0.29) is 16.9 Å². The van der Waals surface area contributed by atoms with Crippen LogP contribution in [0.2, 0.25) is 0 Å². The van der Waals surface area contributed by atoms with Gasteiger partial charge in [0.1, 0.15) is 0 Å². The van der Waals surface area contributed by atoms with Crippen LogP contribution >= 0.6 is 0 Å². The summed E-state index contributed by atoms with van der Waals surface area (Å²) < 4.78 is 17.2. The fraction of sp³-hybridized carbons (Fsp3) is 0.833. The van der Waals surface area contributed by atoms with Gasteiger partial charge in [0.05, 0.1) is 76.6 Å². The summed E-state index contributed by atoms with van der Waals surface area (Å²) in [6.07, 6.45) is 0.850. The van der Waals surface area contributed by atoms with Gasteiger partial charge in [0.15, 0.2) is 0 Å². The lowest BCUT2D eigenvalue weighted by molar-refractivity contribution is -0.137. The summed E-state index contributed by atoms with van der Waals surface area (Å²) in [5, 5.41) is 25.9. The SMILES string of the molecule is CC(C)(COCCC#N)C(OCCC#N)C(C)(C)COCCC#N. The highest BCUT2D eigenvalue weighted by Gasteiger charge is 2.42. The zero-order valence-electron chi connectivity index (χ0n) is 15.3. The van der Waals surface area contributed by atoms with Crippen molar-refractivity contribution in [2.24, 2.45) is 10.8 Å². The van der Waals surface area contributed by atoms with Crippen LogP contribution < -0.4 is 0 Å². The first-order chi connectivity index (χ1) is 11.3. The second kappa shape index (κ2) is 11.8. The first-order valence-electron chi connectivity index (χ1n) is 8.20. The number of rotatable bonds is 13. The van der Waals surface area contributed by atoms with Gasteiger partial charge in [-0.1, -0.05) is 27.7 Å². The smallest absolute Gasteiger partial charge is 0.0721 e. The second-order valence-corrected chi connectivity index (χ2v) is 7.06. The van der Waals surface area contributed by atoms with E-state index in [1.54, 1.807) is 0 Å². The molecule has 0 spiro atoms. The highest BCUT2D eigenvalue weighted by Crippen LogP contribution is 2.37. The molecule has 0 radical (unpaired) electrons. The van der Waals surface area contributed by atoms with E-state index < -0.39 is 0 Å². The normalized spacial score (nSPS) is 11.8. The number of nitrogens with zero attached hydrogens (tertiary/aromatic N) is 3. The molecule has 0 atom stereocenters. The summed E-state index contributed by atoms with van der Waals surface area (Å²) in [7, 11) is 0. The van der Waals surface area contributed by atoms with Gasteiger partial charge in [-0.15, -0.1) is 0 Å². The molecule has 24 heavy (non-hydrogen) atoms. The first kappa shape index (κ1) is 22.4. The van der Waals surface area contributed by atoms with Gasteiger partial charge in [-0.3, -0.25) is 0 Å². The highest BCUT2D eigenvalue weighted by atomic mass is 16.5. The lowest BCUT2D eigenvalue weighted by atomic mass is 9.72. The minimum Gasteiger partial charge on any atom is -0.380 e. The maximum atomic E-state index is 8.75. The summed E-state index contributed by atoms with van der Waals surface area (Å²) in [6.45, 7) is 10.2. The van der Waals surface area contributed by atoms with Crippen molar-refractivity contribution in [1.82, 2.24) is 0 Å². The van der Waals surface area contributed by atoms with Gasteiger partial charge in [0.25, 0.3) is 0 Å². The summed E-state index contributed by atoms with van der Waals surface area (Å²) in [6, 6.07) is 6.20. The van der Waals surface area contributed by atoms with Gasteiger partial charge in [0, 0.05) is 10.8 Å². The minimum atomic E-state index is -0.313. The Bertz CT molecular complexity index is 435. The molecule has 6 heteroatoms. The van der Waals surface area contributed by atoms with E-state index in [9.17, 15) is 0 Å². The molecular weight excluding hydrogens is 306 g/mol. The van der Waals surface area contributed by atoms with Gasteiger partial charge < -0.3 is 14.2 Å². The van der Waals surface area contributed by atoms with E-state index in [1.165, 1.54) is 0 Å². The molecule has 0 saturated carbocycles. The Morgan fingerprint density at radius 3 is 1.46 bits per heavy atom. The van der Waals surface area contributed by atoms with Crippen molar-refractivity contribution in [2.45, 2.75) is 53.1 Å². The van der Waals surface area contributed by atoms with Crippen molar-refractivity contribution in [3.8, 4) is 18.2 Å². The van der Waals surface area contributed by atoms with Crippen LogP contribution in [0.15, 0.2) is 0 Å². The van der Waals surface area contributed by atoms with E-state index in [2.05, 4.69) is 18.2 Å². The predicted molar refractivity (Wildman–Crippen MR) is 89.6 cm³/mol. The Morgan fingerprint density at radius 1 is 0.708 bits per heavy atom. The third-order valence-corrected chi connectivity index (χ3v) is 3.58. The van der Waals surface area contributed by atoms with Crippen molar-refractivity contribution in [1.29, 1.82) is 15.8 Å². The van der Waals surface area contributed by atoms with Crippen LogP contribution in [-0.4, -0.2) is 39.1 Å². The predicted octanol–water partition coefficient (Wildman–Crippen LogP) is 3.20. The van der Waals surface area contributed by atoms with Crippen molar-refractivity contribution in [2.75, 3.05) is 33.0 Å². The molecule has 0 rings (SSSR count). The average Bonchev–Trinajstić information content (AvgIpc) is 2.52. The number of ether oxygens (including phenoxy) is 3. The molecule has 0 aromatic rings. The van der Waals surface area contributed by atoms with Crippen molar-refractivity contribution < 1.29 is 14.2 Å². The molecule has 0 aliphatic heterocycles. The molecule has 6 nitrogen and oxygen atoms in total. The Morgan fingerprint density at radius 2 is 1.08 bits per heavy atom. The van der Waals surface area contributed by atoms with Crippen LogP contribution in [-0.2, 0) is 14.2 Å². The fourth-order valence-corrected chi connectivity index (χ4v) is 2.79. The lowest BCUT2D eigenvalue weighted by Crippen LogP contribution is -2.48. The quantitative estimate of drug-likeness (QED) is 0.479. The van der Waals surface area contributed by atoms with Crippen LogP contribution in [0.4, 0.5) is 0 Å². The number of hydrogen-bond donors (Lipinski definition) is 0. The zero-order chi connectivity index (χ0) is 18.5. The summed E-state index contributed by atoms with van der Waals surface area (Å²) in [5.74, 6) is 0. The van der Waals surface area contributed by atoms with Crippen molar-refractivity contribution >= 4 is 0 Å². The molecule has 0 saturated heterocycles. The number of nitriles is 3. The summed E-state index contributed by atoms with van der Waals surface area (Å²) in [4.78, 5) is 0. The van der Waals surface area contributed by atoms with Gasteiger partial charge in [0.2, 0.25) is 0 Å². The van der Waals surface area contributed by atoms with Crippen LogP contribution in [0.25, 0.3) is 0 Å². The van der Waals surface area contributed by atoms with Crippen LogP contribution in [0.3, 0.4) is 0 Å². The molecule has 0 aromatic heterocycles. The van der Waals surface area contributed by atoms with Crippen molar-refractivity contribution in [3.05, 3.63) is 0 Å². The van der Waals surface area contributed by atoms with Gasteiger partial charge in [-0.2, -0.15) is 15.8 Å². The molecule has 0 aliphatic rings. The minimum absolute atomic E-state index is 0.192. The Kier molecular flexibility index (Phi) is 11.0. The molecule has 0 fully saturated rings. The maximum Gasteiger partial charge on any atom is 0.0721 e. The molecule has 0 N–H and O–H groups in total. The molecule has 0 aromatic carbocycles. The largest absolute Gasteiger partial charge is 0.380 e. The zero-order valence-corrected chi connectivity index (χ0v) is 15.3. The second-order valence-electron chi connectivity index (χ2n) is 7.06. The van der Waals surface area contributed by atoms with Crippen LogP contribution in [0.5, 0.6) is 0 Å². The fourth-order valence-electron chi connectivity index (χ4n) is 2.79. The van der Waals surface area contributed by atoms with Crippen LogP contribution in [0, 0.1) is 44.8 Å². The Hall–Kier alpha value is -1.65. The van der Waals surface area contributed by atoms with Gasteiger partial charge in [-0.05, 0) is 0 Å². The molecule has 0 aliphatic carbocycles. The van der Waals surface area contributed by atoms with Gasteiger partial charge in [-0.25, -0.2) is 0 Å². The lowest BCUT2D eigenvalue weighted by Gasteiger charge is -2.43. The Balaban J connectivity index is 4.88. The molecule has 0 heterocycles. The van der Waals surface area contributed by atoms with E-state index in [0.29, 0.717) is 52.3 Å². The average molecular weight is 335 g/mol. The van der Waals surface area contributed by atoms with E-state index in [1.807, 2.05) is 27.7 Å². The monoisotopic (exact) mass is 335 g/mol. The van der Waals surface area contributed by atoms with E-state index in [0.717, 1.165) is 0 Å². The molecule has 0 amide bonds. The third-order valence-electron chi connectivity index (χ3n) is 3.58. The standard InChI is InChI=1S/C18H29N3O3/c1-17(2,14-22-11-5-8-19)16(24-13-7-10-21)18(3,4)15-23-12-6-9-20/h16H,5-7,11-15H2,1-4H3. The summed E-state index contributed by atoms with van der Waals surface area (Å²) >= 11 is 0. The maximum absolute atomic E-state index is 8.75. The molecule has 0 bridgehead atoms.